The van der Waals surface area contributed by atoms with E-state index in [2.05, 4.69) is 4.98 Å². The van der Waals surface area contributed by atoms with Gasteiger partial charge in [-0.3, -0.25) is 13.9 Å². The number of aliphatic hydroxyl groups excluding tert-OH is 2. The summed E-state index contributed by atoms with van der Waals surface area (Å²) in [6.45, 7) is 1.49. The highest BCUT2D eigenvalue weighted by Crippen LogP contribution is 2.07. The van der Waals surface area contributed by atoms with E-state index in [1.807, 2.05) is 0 Å². The molecule has 0 saturated heterocycles. The molecule has 0 radical (unpaired) electrons. The maximum atomic E-state index is 12.1. The van der Waals surface area contributed by atoms with Crippen molar-refractivity contribution in [2.75, 3.05) is 0 Å². The largest absolute Gasteiger partial charge is 0.391 e. The number of hydrogen-bond acceptors (Lipinski definition) is 5. The third-order valence-electron chi connectivity index (χ3n) is 3.16. The number of hydrogen-bond donors (Lipinski definition) is 2. The van der Waals surface area contributed by atoms with E-state index >= 15 is 0 Å². The van der Waals surface area contributed by atoms with Crippen LogP contribution in [-0.2, 0) is 20.6 Å². The fraction of sp³-hybridized carbons (Fsp3) is 0.545. The van der Waals surface area contributed by atoms with Gasteiger partial charge >= 0.3 is 5.69 Å². The minimum atomic E-state index is -1.01. The van der Waals surface area contributed by atoms with E-state index in [1.54, 1.807) is 0 Å². The van der Waals surface area contributed by atoms with Crippen LogP contribution < -0.4 is 11.2 Å². The standard InChI is InChI=1S/C11H16N4O4/c1-6(16)7(17)4-15-5-12-9-8(15)10(18)14(3)11(19)13(9)2/h5-7,16-17H,4H2,1-3H3. The van der Waals surface area contributed by atoms with Crippen LogP contribution in [0.3, 0.4) is 0 Å². The summed E-state index contributed by atoms with van der Waals surface area (Å²) in [6, 6.07) is 0. The topological polar surface area (TPSA) is 102 Å². The van der Waals surface area contributed by atoms with E-state index in [0.29, 0.717) is 0 Å². The predicted octanol–water partition coefficient (Wildman–Crippen LogP) is -1.82. The van der Waals surface area contributed by atoms with Gasteiger partial charge in [-0.25, -0.2) is 9.78 Å². The second-order valence-electron chi connectivity index (χ2n) is 4.58. The smallest absolute Gasteiger partial charge is 0.332 e. The highest BCUT2D eigenvalue weighted by Gasteiger charge is 2.18. The molecule has 0 amide bonds. The van der Waals surface area contributed by atoms with Crippen LogP contribution in [0.4, 0.5) is 0 Å². The van der Waals surface area contributed by atoms with Crippen LogP contribution in [0.15, 0.2) is 15.9 Å². The van der Waals surface area contributed by atoms with Gasteiger partial charge in [0.25, 0.3) is 5.56 Å². The van der Waals surface area contributed by atoms with Gasteiger partial charge in [0.1, 0.15) is 0 Å². The Morgan fingerprint density at radius 3 is 2.47 bits per heavy atom. The molecule has 19 heavy (non-hydrogen) atoms. The molecule has 2 aromatic rings. The van der Waals surface area contributed by atoms with E-state index in [0.717, 1.165) is 4.57 Å². The van der Waals surface area contributed by atoms with Crippen molar-refractivity contribution in [3.8, 4) is 0 Å². The highest BCUT2D eigenvalue weighted by atomic mass is 16.3. The van der Waals surface area contributed by atoms with Crippen LogP contribution in [0.1, 0.15) is 6.92 Å². The number of aryl methyl sites for hydroxylation is 1. The van der Waals surface area contributed by atoms with Crippen LogP contribution in [0, 0.1) is 0 Å². The van der Waals surface area contributed by atoms with Crippen molar-refractivity contribution in [3.05, 3.63) is 27.2 Å². The molecule has 0 aliphatic heterocycles. The number of nitrogens with zero attached hydrogens (tertiary/aromatic N) is 4. The Balaban J connectivity index is 2.67. The normalized spacial score (nSPS) is 14.8. The Labute approximate surface area is 108 Å². The van der Waals surface area contributed by atoms with Crippen LogP contribution in [0.2, 0.25) is 0 Å². The quantitative estimate of drug-likeness (QED) is 0.682. The summed E-state index contributed by atoms with van der Waals surface area (Å²) in [4.78, 5) is 27.8. The second kappa shape index (κ2) is 4.63. The van der Waals surface area contributed by atoms with Gasteiger partial charge in [-0.15, -0.1) is 0 Å². The maximum absolute atomic E-state index is 12.1. The average Bonchev–Trinajstić information content (AvgIpc) is 2.77. The number of aliphatic hydroxyl groups is 2. The Kier molecular flexibility index (Phi) is 3.29. The molecule has 0 saturated carbocycles. The van der Waals surface area contributed by atoms with E-state index in [4.69, 9.17) is 0 Å². The monoisotopic (exact) mass is 268 g/mol. The lowest BCUT2D eigenvalue weighted by atomic mass is 10.2. The molecule has 2 N–H and O–H groups in total. The molecular weight excluding hydrogens is 252 g/mol. The molecule has 0 aliphatic rings. The summed E-state index contributed by atoms with van der Waals surface area (Å²) in [5, 5.41) is 19.0. The van der Waals surface area contributed by atoms with Gasteiger partial charge in [0.05, 0.1) is 25.1 Å². The first-order valence-corrected chi connectivity index (χ1v) is 5.81. The van der Waals surface area contributed by atoms with Crippen molar-refractivity contribution in [1.29, 1.82) is 0 Å². The van der Waals surface area contributed by atoms with Crippen LogP contribution >= 0.6 is 0 Å². The molecule has 104 valence electrons. The number of aromatic nitrogens is 4. The fourth-order valence-corrected chi connectivity index (χ4v) is 1.89. The Morgan fingerprint density at radius 1 is 1.26 bits per heavy atom. The molecule has 2 unspecified atom stereocenters. The first-order chi connectivity index (χ1) is 8.84. The van der Waals surface area contributed by atoms with Gasteiger partial charge in [0, 0.05) is 14.1 Å². The van der Waals surface area contributed by atoms with Crippen molar-refractivity contribution in [2.24, 2.45) is 14.1 Å². The molecule has 0 fully saturated rings. The zero-order chi connectivity index (χ0) is 14.3. The number of rotatable bonds is 3. The lowest BCUT2D eigenvalue weighted by molar-refractivity contribution is 0.0214. The Morgan fingerprint density at radius 2 is 1.89 bits per heavy atom. The molecule has 0 aliphatic carbocycles. The maximum Gasteiger partial charge on any atom is 0.332 e. The van der Waals surface area contributed by atoms with Crippen molar-refractivity contribution in [3.63, 3.8) is 0 Å². The minimum Gasteiger partial charge on any atom is -0.391 e. The van der Waals surface area contributed by atoms with Gasteiger partial charge in [-0.05, 0) is 6.92 Å². The summed E-state index contributed by atoms with van der Waals surface area (Å²) >= 11 is 0. The molecule has 2 heterocycles. The van der Waals surface area contributed by atoms with Gasteiger partial charge in [0.2, 0.25) is 0 Å². The summed E-state index contributed by atoms with van der Waals surface area (Å²) < 4.78 is 3.69. The lowest BCUT2D eigenvalue weighted by Gasteiger charge is -2.14. The molecule has 8 nitrogen and oxygen atoms in total. The molecule has 2 rings (SSSR count). The van der Waals surface area contributed by atoms with E-state index in [-0.39, 0.29) is 17.7 Å². The van der Waals surface area contributed by atoms with E-state index in [1.165, 1.54) is 36.5 Å². The fourth-order valence-electron chi connectivity index (χ4n) is 1.89. The molecule has 0 aromatic carbocycles. The minimum absolute atomic E-state index is 0.0294. The lowest BCUT2D eigenvalue weighted by Crippen LogP contribution is -2.38. The van der Waals surface area contributed by atoms with Gasteiger partial charge in [0.15, 0.2) is 11.2 Å². The molecule has 0 spiro atoms. The number of imidazole rings is 1. The summed E-state index contributed by atoms with van der Waals surface area (Å²) in [7, 11) is 2.90. The predicted molar refractivity (Wildman–Crippen MR) is 67.9 cm³/mol. The molecule has 0 bridgehead atoms. The van der Waals surface area contributed by atoms with Crippen LogP contribution in [-0.4, -0.2) is 41.1 Å². The molecule has 8 heteroatoms. The van der Waals surface area contributed by atoms with Crippen molar-refractivity contribution < 1.29 is 10.2 Å². The SMILES string of the molecule is CC(O)C(O)Cn1cnc2c1c(=O)n(C)c(=O)n2C. The van der Waals surface area contributed by atoms with Gasteiger partial charge in [-0.1, -0.05) is 0 Å². The van der Waals surface area contributed by atoms with Gasteiger partial charge < -0.3 is 14.8 Å². The molecule has 2 atom stereocenters. The molecular formula is C11H16N4O4. The Bertz CT molecular complexity index is 725. The zero-order valence-corrected chi connectivity index (χ0v) is 10.9. The third kappa shape index (κ3) is 2.08. The van der Waals surface area contributed by atoms with E-state index < -0.39 is 23.5 Å². The summed E-state index contributed by atoms with van der Waals surface area (Å²) in [5.41, 5.74) is -0.456. The van der Waals surface area contributed by atoms with Crippen molar-refractivity contribution >= 4 is 11.2 Å². The summed E-state index contributed by atoms with van der Waals surface area (Å²) in [5.74, 6) is 0. The van der Waals surface area contributed by atoms with Crippen LogP contribution in [0.5, 0.6) is 0 Å². The van der Waals surface area contributed by atoms with Crippen molar-refractivity contribution in [1.82, 2.24) is 18.7 Å². The van der Waals surface area contributed by atoms with E-state index in [9.17, 15) is 19.8 Å². The average molecular weight is 268 g/mol. The van der Waals surface area contributed by atoms with Crippen molar-refractivity contribution in [2.45, 2.75) is 25.7 Å². The Hall–Kier alpha value is -1.93. The first-order valence-electron chi connectivity index (χ1n) is 5.81. The second-order valence-corrected chi connectivity index (χ2v) is 4.58. The third-order valence-corrected chi connectivity index (χ3v) is 3.16. The summed E-state index contributed by atoms with van der Waals surface area (Å²) in [6.07, 6.45) is -0.565. The highest BCUT2D eigenvalue weighted by molar-refractivity contribution is 5.69. The first kappa shape index (κ1) is 13.5. The van der Waals surface area contributed by atoms with Crippen LogP contribution in [0.25, 0.3) is 11.2 Å². The van der Waals surface area contributed by atoms with Gasteiger partial charge in [-0.2, -0.15) is 0 Å². The molecule has 2 aromatic heterocycles. The number of fused-ring (bicyclic) bond motifs is 1. The zero-order valence-electron chi connectivity index (χ0n) is 10.9.